The van der Waals surface area contributed by atoms with Crippen molar-refractivity contribution in [2.45, 2.75) is 97.4 Å². The van der Waals surface area contributed by atoms with E-state index in [2.05, 4.69) is 45.0 Å². The standard InChI is InChI=1S/C29H42O5/c1-20-12-16-24(29(5,6)21-10-8-7-9-11-21)25(18-20)34-26(30)17-15-22-13-14-23(33-22)19-32-27(31)28(2,3)4/h7-11,15,17,20,22-25H,12-14,16,18-19H2,1-6H3/b17-15+/t20-,22-,23+,24-,25-/m1/s1. The van der Waals surface area contributed by atoms with Crippen molar-refractivity contribution >= 4 is 11.9 Å². The van der Waals surface area contributed by atoms with Crippen LogP contribution in [0.2, 0.25) is 0 Å². The zero-order valence-corrected chi connectivity index (χ0v) is 21.7. The molecule has 1 aliphatic carbocycles. The van der Waals surface area contributed by atoms with Gasteiger partial charge in [-0.15, -0.1) is 0 Å². The Hall–Kier alpha value is -2.14. The van der Waals surface area contributed by atoms with Crippen molar-refractivity contribution in [3.63, 3.8) is 0 Å². The van der Waals surface area contributed by atoms with Gasteiger partial charge in [0.1, 0.15) is 12.7 Å². The van der Waals surface area contributed by atoms with Gasteiger partial charge in [0.15, 0.2) is 0 Å². The quantitative estimate of drug-likeness (QED) is 0.361. The zero-order chi connectivity index (χ0) is 24.9. The highest BCUT2D eigenvalue weighted by Crippen LogP contribution is 2.43. The highest BCUT2D eigenvalue weighted by Gasteiger charge is 2.41. The Bertz CT molecular complexity index is 851. The lowest BCUT2D eigenvalue weighted by atomic mass is 9.64. The van der Waals surface area contributed by atoms with Gasteiger partial charge >= 0.3 is 11.9 Å². The minimum Gasteiger partial charge on any atom is -0.463 e. The Morgan fingerprint density at radius 2 is 1.74 bits per heavy atom. The fraction of sp³-hybridized carbons (Fsp3) is 0.655. The monoisotopic (exact) mass is 470 g/mol. The van der Waals surface area contributed by atoms with E-state index < -0.39 is 5.41 Å². The smallest absolute Gasteiger partial charge is 0.330 e. The molecule has 1 heterocycles. The first-order valence-corrected chi connectivity index (χ1v) is 12.7. The average Bonchev–Trinajstić information content (AvgIpc) is 3.24. The lowest BCUT2D eigenvalue weighted by Gasteiger charge is -2.43. The molecule has 1 saturated carbocycles. The van der Waals surface area contributed by atoms with E-state index in [1.807, 2.05) is 26.8 Å². The molecule has 188 valence electrons. The first-order valence-electron chi connectivity index (χ1n) is 12.7. The van der Waals surface area contributed by atoms with Crippen LogP contribution in [0, 0.1) is 17.3 Å². The average molecular weight is 471 g/mol. The second kappa shape index (κ2) is 11.1. The largest absolute Gasteiger partial charge is 0.463 e. The topological polar surface area (TPSA) is 61.8 Å². The molecular weight excluding hydrogens is 428 g/mol. The van der Waals surface area contributed by atoms with Crippen molar-refractivity contribution in [1.29, 1.82) is 0 Å². The maximum atomic E-state index is 12.8. The van der Waals surface area contributed by atoms with Gasteiger partial charge in [-0.1, -0.05) is 57.5 Å². The van der Waals surface area contributed by atoms with Gasteiger partial charge in [-0.2, -0.15) is 0 Å². The van der Waals surface area contributed by atoms with Crippen LogP contribution in [0.15, 0.2) is 42.5 Å². The molecule has 0 aromatic heterocycles. The van der Waals surface area contributed by atoms with Crippen LogP contribution < -0.4 is 0 Å². The van der Waals surface area contributed by atoms with Crippen LogP contribution in [0.4, 0.5) is 0 Å². The molecule has 5 heteroatoms. The Kier molecular flexibility index (Phi) is 8.62. The van der Waals surface area contributed by atoms with Crippen molar-refractivity contribution in [2.75, 3.05) is 6.61 Å². The minimum atomic E-state index is -0.523. The predicted octanol–water partition coefficient (Wildman–Crippen LogP) is 6.01. The van der Waals surface area contributed by atoms with E-state index in [0.29, 0.717) is 5.92 Å². The van der Waals surface area contributed by atoms with Crippen LogP contribution in [0.1, 0.15) is 79.2 Å². The summed E-state index contributed by atoms with van der Waals surface area (Å²) in [5.41, 5.74) is 0.678. The summed E-state index contributed by atoms with van der Waals surface area (Å²) in [6.07, 6.45) is 7.60. The molecule has 34 heavy (non-hydrogen) atoms. The molecule has 1 aromatic carbocycles. The Labute approximate surface area is 205 Å². The van der Waals surface area contributed by atoms with E-state index in [0.717, 1.165) is 32.1 Å². The predicted molar refractivity (Wildman–Crippen MR) is 133 cm³/mol. The van der Waals surface area contributed by atoms with Gasteiger partial charge in [-0.3, -0.25) is 4.79 Å². The molecule has 0 radical (unpaired) electrons. The molecule has 0 bridgehead atoms. The molecule has 1 aromatic rings. The number of hydrogen-bond donors (Lipinski definition) is 0. The summed E-state index contributed by atoms with van der Waals surface area (Å²) in [5.74, 6) is 0.278. The van der Waals surface area contributed by atoms with Gasteiger partial charge < -0.3 is 14.2 Å². The number of benzene rings is 1. The first kappa shape index (κ1) is 26.5. The summed E-state index contributed by atoms with van der Waals surface area (Å²) in [7, 11) is 0. The molecule has 1 saturated heterocycles. The molecule has 5 atom stereocenters. The summed E-state index contributed by atoms with van der Waals surface area (Å²) in [6.45, 7) is 12.5. The van der Waals surface area contributed by atoms with Crippen LogP contribution in [-0.2, 0) is 29.2 Å². The molecule has 0 spiro atoms. The van der Waals surface area contributed by atoms with Crippen molar-refractivity contribution < 1.29 is 23.8 Å². The normalized spacial score (nSPS) is 28.1. The number of rotatable bonds is 7. The molecule has 2 aliphatic rings. The van der Waals surface area contributed by atoms with Gasteiger partial charge in [-0.25, -0.2) is 4.79 Å². The van der Waals surface area contributed by atoms with Crippen LogP contribution in [0.25, 0.3) is 0 Å². The van der Waals surface area contributed by atoms with Crippen LogP contribution >= 0.6 is 0 Å². The Balaban J connectivity index is 1.55. The Morgan fingerprint density at radius 3 is 2.41 bits per heavy atom. The van der Waals surface area contributed by atoms with Crippen molar-refractivity contribution in [3.8, 4) is 0 Å². The lowest BCUT2D eigenvalue weighted by Crippen LogP contribution is -2.43. The minimum absolute atomic E-state index is 0.0810. The number of hydrogen-bond acceptors (Lipinski definition) is 5. The van der Waals surface area contributed by atoms with Gasteiger partial charge in [0.25, 0.3) is 0 Å². The molecule has 2 fully saturated rings. The fourth-order valence-corrected chi connectivity index (χ4v) is 5.12. The van der Waals surface area contributed by atoms with Crippen LogP contribution in [-0.4, -0.2) is 36.9 Å². The molecular formula is C29H42O5. The SMILES string of the molecule is C[C@@H]1CC[C@@H](C(C)(C)c2ccccc2)[C@H](OC(=O)/C=C/[C@H]2CC[C@@H](COC(=O)C(C)(C)C)O2)C1. The summed E-state index contributed by atoms with van der Waals surface area (Å²) >= 11 is 0. The first-order chi connectivity index (χ1) is 16.0. The highest BCUT2D eigenvalue weighted by molar-refractivity contribution is 5.82. The van der Waals surface area contributed by atoms with Gasteiger partial charge in [0.2, 0.25) is 0 Å². The van der Waals surface area contributed by atoms with E-state index in [-0.39, 0.29) is 48.2 Å². The molecule has 0 N–H and O–H groups in total. The third-order valence-corrected chi connectivity index (χ3v) is 7.37. The molecule has 5 nitrogen and oxygen atoms in total. The number of carbonyl (C=O) groups is 2. The number of esters is 2. The van der Waals surface area contributed by atoms with E-state index in [1.165, 1.54) is 11.6 Å². The Morgan fingerprint density at radius 1 is 1.03 bits per heavy atom. The molecule has 3 rings (SSSR count). The maximum absolute atomic E-state index is 12.8. The van der Waals surface area contributed by atoms with E-state index in [1.54, 1.807) is 6.08 Å². The third kappa shape index (κ3) is 6.94. The second-order valence-electron chi connectivity index (χ2n) is 11.7. The number of ether oxygens (including phenoxy) is 3. The van der Waals surface area contributed by atoms with E-state index in [4.69, 9.17) is 14.2 Å². The van der Waals surface area contributed by atoms with E-state index in [9.17, 15) is 9.59 Å². The van der Waals surface area contributed by atoms with Crippen molar-refractivity contribution in [3.05, 3.63) is 48.0 Å². The van der Waals surface area contributed by atoms with Gasteiger partial charge in [-0.05, 0) is 69.4 Å². The van der Waals surface area contributed by atoms with Gasteiger partial charge in [0.05, 0.1) is 17.6 Å². The highest BCUT2D eigenvalue weighted by atomic mass is 16.6. The third-order valence-electron chi connectivity index (χ3n) is 7.37. The van der Waals surface area contributed by atoms with Crippen molar-refractivity contribution in [2.24, 2.45) is 17.3 Å². The molecule has 0 unspecified atom stereocenters. The summed E-state index contributed by atoms with van der Waals surface area (Å²) < 4.78 is 17.4. The van der Waals surface area contributed by atoms with E-state index >= 15 is 0 Å². The van der Waals surface area contributed by atoms with Crippen molar-refractivity contribution in [1.82, 2.24) is 0 Å². The summed E-state index contributed by atoms with van der Waals surface area (Å²) in [4.78, 5) is 24.7. The zero-order valence-electron chi connectivity index (χ0n) is 21.7. The maximum Gasteiger partial charge on any atom is 0.330 e. The summed E-state index contributed by atoms with van der Waals surface area (Å²) in [6, 6.07) is 10.5. The fourth-order valence-electron chi connectivity index (χ4n) is 5.12. The number of carbonyl (C=O) groups excluding carboxylic acids is 2. The molecule has 0 amide bonds. The van der Waals surface area contributed by atoms with Crippen LogP contribution in [0.3, 0.4) is 0 Å². The lowest BCUT2D eigenvalue weighted by molar-refractivity contribution is -0.156. The van der Waals surface area contributed by atoms with Crippen LogP contribution in [0.5, 0.6) is 0 Å². The van der Waals surface area contributed by atoms with Gasteiger partial charge in [0, 0.05) is 12.0 Å². The molecule has 1 aliphatic heterocycles. The summed E-state index contributed by atoms with van der Waals surface area (Å²) in [5, 5.41) is 0. The second-order valence-corrected chi connectivity index (χ2v) is 11.7.